The number of carbonyl (C=O) groups is 1. The van der Waals surface area contributed by atoms with E-state index in [1.54, 1.807) is 6.07 Å². The highest BCUT2D eigenvalue weighted by Crippen LogP contribution is 2.40. The minimum atomic E-state index is -0.797. The van der Waals surface area contributed by atoms with E-state index in [-0.39, 0.29) is 5.91 Å². The van der Waals surface area contributed by atoms with Gasteiger partial charge in [0.05, 0.1) is 18.3 Å². The lowest BCUT2D eigenvalue weighted by molar-refractivity contribution is -0.132. The van der Waals surface area contributed by atoms with Crippen molar-refractivity contribution in [1.29, 1.82) is 5.26 Å². The molecule has 0 aliphatic heterocycles. The van der Waals surface area contributed by atoms with Gasteiger partial charge >= 0.3 is 0 Å². The largest absolute Gasteiger partial charge is 0.359 e. The summed E-state index contributed by atoms with van der Waals surface area (Å²) < 4.78 is 4.97. The first-order valence-corrected chi connectivity index (χ1v) is 5.28. The first kappa shape index (κ1) is 10.7. The third-order valence-electron chi connectivity index (χ3n) is 2.96. The molecule has 0 radical (unpaired) electrons. The summed E-state index contributed by atoms with van der Waals surface area (Å²) in [4.78, 5) is 11.8. The van der Waals surface area contributed by atoms with Crippen molar-refractivity contribution in [2.75, 3.05) is 0 Å². The molecule has 2 rings (SSSR count). The normalized spacial score (nSPS) is 17.2. The van der Waals surface area contributed by atoms with Crippen molar-refractivity contribution in [3.8, 4) is 6.07 Å². The predicted molar refractivity (Wildman–Crippen MR) is 55.0 cm³/mol. The fourth-order valence-corrected chi connectivity index (χ4v) is 1.76. The average Bonchev–Trinajstić information content (AvgIpc) is 2.60. The van der Waals surface area contributed by atoms with Crippen LogP contribution in [0.15, 0.2) is 10.6 Å². The van der Waals surface area contributed by atoms with Crippen LogP contribution in [-0.2, 0) is 11.3 Å². The van der Waals surface area contributed by atoms with Crippen molar-refractivity contribution in [1.82, 2.24) is 10.5 Å². The van der Waals surface area contributed by atoms with Crippen LogP contribution in [0.5, 0.6) is 0 Å². The number of amides is 1. The molecule has 0 atom stereocenters. The van der Waals surface area contributed by atoms with Crippen LogP contribution in [0.4, 0.5) is 0 Å². The quantitative estimate of drug-likeness (QED) is 0.830. The molecule has 1 saturated carbocycles. The molecule has 1 N–H and O–H groups in total. The lowest BCUT2D eigenvalue weighted by Gasteiger charge is -2.33. The van der Waals surface area contributed by atoms with Gasteiger partial charge in [0.25, 0.3) is 0 Å². The van der Waals surface area contributed by atoms with E-state index in [0.717, 1.165) is 12.1 Å². The summed E-state index contributed by atoms with van der Waals surface area (Å²) in [6.07, 6.45) is 2.26. The highest BCUT2D eigenvalue weighted by Gasteiger charge is 2.44. The molecule has 1 aliphatic carbocycles. The fourth-order valence-electron chi connectivity index (χ4n) is 1.76. The Labute approximate surface area is 93.4 Å². The van der Waals surface area contributed by atoms with E-state index in [4.69, 9.17) is 9.78 Å². The lowest BCUT2D eigenvalue weighted by atomic mass is 9.69. The Kier molecular flexibility index (Phi) is 2.65. The molecule has 5 nitrogen and oxygen atoms in total. The van der Waals surface area contributed by atoms with Gasteiger partial charge in [0.2, 0.25) is 5.91 Å². The van der Waals surface area contributed by atoms with Gasteiger partial charge in [-0.05, 0) is 26.2 Å². The Balaban J connectivity index is 1.91. The van der Waals surface area contributed by atoms with E-state index in [2.05, 4.69) is 16.5 Å². The highest BCUT2D eigenvalue weighted by atomic mass is 16.5. The van der Waals surface area contributed by atoms with Crippen LogP contribution in [-0.4, -0.2) is 11.1 Å². The van der Waals surface area contributed by atoms with Crippen molar-refractivity contribution < 1.29 is 9.32 Å². The van der Waals surface area contributed by atoms with Crippen molar-refractivity contribution in [2.24, 2.45) is 5.41 Å². The lowest BCUT2D eigenvalue weighted by Crippen LogP contribution is -2.44. The summed E-state index contributed by atoms with van der Waals surface area (Å²) in [5.41, 5.74) is -0.0161. The topological polar surface area (TPSA) is 78.9 Å². The minimum Gasteiger partial charge on any atom is -0.359 e. The number of nitrogens with one attached hydrogen (secondary N) is 1. The van der Waals surface area contributed by atoms with Crippen LogP contribution in [0.2, 0.25) is 0 Å². The van der Waals surface area contributed by atoms with Crippen LogP contribution in [0.3, 0.4) is 0 Å². The zero-order valence-corrected chi connectivity index (χ0v) is 9.12. The first-order chi connectivity index (χ1) is 7.66. The average molecular weight is 219 g/mol. The SMILES string of the molecule is Cc1cc(CNC(=O)C2(C#N)CCC2)on1. The molecule has 1 aromatic rings. The van der Waals surface area contributed by atoms with Crippen LogP contribution in [0, 0.1) is 23.7 Å². The molecular weight excluding hydrogens is 206 g/mol. The molecule has 5 heteroatoms. The molecular formula is C11H13N3O2. The molecule has 16 heavy (non-hydrogen) atoms. The van der Waals surface area contributed by atoms with E-state index in [1.165, 1.54) is 0 Å². The maximum absolute atomic E-state index is 11.8. The van der Waals surface area contributed by atoms with Gasteiger partial charge in [-0.15, -0.1) is 0 Å². The summed E-state index contributed by atoms with van der Waals surface area (Å²) >= 11 is 0. The standard InChI is InChI=1S/C11H13N3O2/c1-8-5-9(16-14-8)6-13-10(15)11(7-12)3-2-4-11/h5H,2-4,6H2,1H3,(H,13,15). The van der Waals surface area contributed by atoms with E-state index >= 15 is 0 Å². The van der Waals surface area contributed by atoms with Gasteiger partial charge in [0.1, 0.15) is 5.41 Å². The highest BCUT2D eigenvalue weighted by molar-refractivity contribution is 5.86. The predicted octanol–water partition coefficient (Wildman–Crippen LogP) is 1.29. The Morgan fingerprint density at radius 1 is 1.75 bits per heavy atom. The molecule has 0 spiro atoms. The van der Waals surface area contributed by atoms with E-state index in [1.807, 2.05) is 6.92 Å². The van der Waals surface area contributed by atoms with E-state index < -0.39 is 5.41 Å². The van der Waals surface area contributed by atoms with Crippen LogP contribution < -0.4 is 5.32 Å². The molecule has 1 aliphatic rings. The van der Waals surface area contributed by atoms with Crippen molar-refractivity contribution in [2.45, 2.75) is 32.7 Å². The molecule has 0 bridgehead atoms. The zero-order valence-electron chi connectivity index (χ0n) is 9.12. The molecule has 1 fully saturated rings. The van der Waals surface area contributed by atoms with Gasteiger partial charge in [0, 0.05) is 6.07 Å². The second-order valence-electron chi connectivity index (χ2n) is 4.16. The Bertz CT molecular complexity index is 440. The number of nitriles is 1. The summed E-state index contributed by atoms with van der Waals surface area (Å²) in [7, 11) is 0. The van der Waals surface area contributed by atoms with Crippen LogP contribution >= 0.6 is 0 Å². The van der Waals surface area contributed by atoms with E-state index in [9.17, 15) is 4.79 Å². The number of aryl methyl sites for hydroxylation is 1. The number of aromatic nitrogens is 1. The van der Waals surface area contributed by atoms with Crippen molar-refractivity contribution >= 4 is 5.91 Å². The minimum absolute atomic E-state index is 0.199. The first-order valence-electron chi connectivity index (χ1n) is 5.28. The summed E-state index contributed by atoms with van der Waals surface area (Å²) in [5.74, 6) is 0.411. The third-order valence-corrected chi connectivity index (χ3v) is 2.96. The monoisotopic (exact) mass is 219 g/mol. The van der Waals surface area contributed by atoms with Gasteiger partial charge in [0.15, 0.2) is 5.76 Å². The molecule has 84 valence electrons. The number of hydrogen-bond acceptors (Lipinski definition) is 4. The molecule has 1 amide bonds. The Hall–Kier alpha value is -1.83. The zero-order chi connectivity index (χ0) is 11.6. The van der Waals surface area contributed by atoms with E-state index in [0.29, 0.717) is 25.1 Å². The van der Waals surface area contributed by atoms with Gasteiger partial charge in [-0.25, -0.2) is 0 Å². The molecule has 0 saturated heterocycles. The third kappa shape index (κ3) is 1.78. The second kappa shape index (κ2) is 3.97. The Morgan fingerprint density at radius 2 is 2.50 bits per heavy atom. The number of carbonyl (C=O) groups excluding carboxylic acids is 1. The van der Waals surface area contributed by atoms with Crippen LogP contribution in [0.1, 0.15) is 30.7 Å². The fraction of sp³-hybridized carbons (Fsp3) is 0.545. The number of hydrogen-bond donors (Lipinski definition) is 1. The smallest absolute Gasteiger partial charge is 0.240 e. The van der Waals surface area contributed by atoms with Crippen molar-refractivity contribution in [3.63, 3.8) is 0 Å². The van der Waals surface area contributed by atoms with Crippen LogP contribution in [0.25, 0.3) is 0 Å². The summed E-state index contributed by atoms with van der Waals surface area (Å²) in [6, 6.07) is 3.86. The summed E-state index contributed by atoms with van der Waals surface area (Å²) in [6.45, 7) is 2.11. The van der Waals surface area contributed by atoms with Gasteiger partial charge in [-0.1, -0.05) is 5.16 Å². The van der Waals surface area contributed by atoms with Crippen molar-refractivity contribution in [3.05, 3.63) is 17.5 Å². The molecule has 0 aromatic carbocycles. The van der Waals surface area contributed by atoms with Gasteiger partial charge < -0.3 is 9.84 Å². The molecule has 1 aromatic heterocycles. The van der Waals surface area contributed by atoms with Gasteiger partial charge in [-0.3, -0.25) is 4.79 Å². The Morgan fingerprint density at radius 3 is 2.94 bits per heavy atom. The van der Waals surface area contributed by atoms with Gasteiger partial charge in [-0.2, -0.15) is 5.26 Å². The molecule has 0 unspecified atom stereocenters. The maximum atomic E-state index is 11.8. The molecule has 1 heterocycles. The number of rotatable bonds is 3. The number of nitrogens with zero attached hydrogens (tertiary/aromatic N) is 2. The second-order valence-corrected chi connectivity index (χ2v) is 4.16. The maximum Gasteiger partial charge on any atom is 0.240 e. The summed E-state index contributed by atoms with van der Waals surface area (Å²) in [5, 5.41) is 15.4.